The number of H-pyrrole nitrogens is 1. The summed E-state index contributed by atoms with van der Waals surface area (Å²) in [6.07, 6.45) is 3.83. The quantitative estimate of drug-likeness (QED) is 0.778. The van der Waals surface area contributed by atoms with Crippen molar-refractivity contribution in [3.63, 3.8) is 0 Å². The molecule has 1 aromatic carbocycles. The monoisotopic (exact) mass is 358 g/mol. The summed E-state index contributed by atoms with van der Waals surface area (Å²) in [6, 6.07) is 5.52. The average Bonchev–Trinajstić information content (AvgIpc) is 3.01. The normalized spacial score (nSPS) is 18.0. The zero-order chi connectivity index (χ0) is 17.4. The Bertz CT molecular complexity index is 965. The van der Waals surface area contributed by atoms with Crippen molar-refractivity contribution in [3.05, 3.63) is 45.7 Å². The number of halogens is 1. The minimum Gasteiger partial charge on any atom is -0.355 e. The first-order chi connectivity index (χ1) is 12.2. The van der Waals surface area contributed by atoms with E-state index >= 15 is 0 Å². The predicted molar refractivity (Wildman–Crippen MR) is 97.3 cm³/mol. The fourth-order valence-corrected chi connectivity index (χ4v) is 3.64. The second-order valence-corrected chi connectivity index (χ2v) is 6.71. The molecular formula is C17H19ClN6O. The number of aromatic amines is 1. The second-order valence-electron chi connectivity index (χ2n) is 6.28. The van der Waals surface area contributed by atoms with Crippen molar-refractivity contribution in [3.8, 4) is 0 Å². The van der Waals surface area contributed by atoms with E-state index in [4.69, 9.17) is 16.6 Å². The van der Waals surface area contributed by atoms with Crippen LogP contribution in [0.2, 0.25) is 5.02 Å². The summed E-state index contributed by atoms with van der Waals surface area (Å²) in [4.78, 5) is 23.3. The number of anilines is 1. The number of piperidine rings is 1. The van der Waals surface area contributed by atoms with Crippen LogP contribution in [-0.4, -0.2) is 37.8 Å². The topological polar surface area (TPSA) is 79.7 Å². The number of benzene rings is 1. The van der Waals surface area contributed by atoms with Crippen LogP contribution in [0.4, 0.5) is 5.82 Å². The maximum Gasteiger partial charge on any atom is 0.343 e. The first-order valence-corrected chi connectivity index (χ1v) is 8.86. The Labute approximate surface area is 149 Å². The Morgan fingerprint density at radius 1 is 1.36 bits per heavy atom. The van der Waals surface area contributed by atoms with Crippen LogP contribution < -0.4 is 10.6 Å². The molecule has 130 valence electrons. The number of nitrogens with zero attached hydrogens (tertiary/aromatic N) is 5. The molecule has 25 heavy (non-hydrogen) atoms. The minimum atomic E-state index is -0.144. The summed E-state index contributed by atoms with van der Waals surface area (Å²) in [5.41, 5.74) is 1.47. The highest BCUT2D eigenvalue weighted by atomic mass is 35.5. The third kappa shape index (κ3) is 3.00. The van der Waals surface area contributed by atoms with E-state index in [1.807, 2.05) is 25.1 Å². The highest BCUT2D eigenvalue weighted by Gasteiger charge is 2.26. The van der Waals surface area contributed by atoms with Gasteiger partial charge in [-0.15, -0.1) is 0 Å². The number of rotatable bonds is 3. The number of hydrogen-bond acceptors (Lipinski definition) is 5. The standard InChI is InChI=1S/C17H19ClN6O/c1-2-24-16(21-22-17(24)25)11-4-3-7-23(10-11)15-9-19-13-6-5-12(18)8-14(13)20-15/h5-6,8-9,11H,2-4,7,10H2,1H3,(H,22,25)/t11-/m1/s1. The zero-order valence-electron chi connectivity index (χ0n) is 13.9. The molecule has 1 saturated heterocycles. The summed E-state index contributed by atoms with van der Waals surface area (Å²) in [5.74, 6) is 1.86. The van der Waals surface area contributed by atoms with E-state index in [2.05, 4.69) is 20.1 Å². The van der Waals surface area contributed by atoms with Gasteiger partial charge in [0.2, 0.25) is 0 Å². The smallest absolute Gasteiger partial charge is 0.343 e. The van der Waals surface area contributed by atoms with Crippen molar-refractivity contribution in [2.75, 3.05) is 18.0 Å². The third-order valence-electron chi connectivity index (χ3n) is 4.71. The molecule has 1 fully saturated rings. The van der Waals surface area contributed by atoms with Gasteiger partial charge in [-0.3, -0.25) is 9.55 Å². The van der Waals surface area contributed by atoms with Crippen LogP contribution in [0.25, 0.3) is 11.0 Å². The van der Waals surface area contributed by atoms with Crippen LogP contribution in [0.3, 0.4) is 0 Å². The van der Waals surface area contributed by atoms with Gasteiger partial charge in [-0.1, -0.05) is 11.6 Å². The number of hydrogen-bond donors (Lipinski definition) is 1. The molecule has 0 bridgehead atoms. The van der Waals surface area contributed by atoms with Gasteiger partial charge in [-0.2, -0.15) is 5.10 Å². The Balaban J connectivity index is 1.63. The lowest BCUT2D eigenvalue weighted by atomic mass is 9.97. The van der Waals surface area contributed by atoms with Crippen molar-refractivity contribution in [1.82, 2.24) is 24.7 Å². The number of aromatic nitrogens is 5. The van der Waals surface area contributed by atoms with E-state index in [-0.39, 0.29) is 11.6 Å². The summed E-state index contributed by atoms with van der Waals surface area (Å²) < 4.78 is 1.71. The molecule has 1 N–H and O–H groups in total. The molecule has 1 aliphatic rings. The fourth-order valence-electron chi connectivity index (χ4n) is 3.47. The van der Waals surface area contributed by atoms with Crippen molar-refractivity contribution in [1.29, 1.82) is 0 Å². The number of fused-ring (bicyclic) bond motifs is 1. The first-order valence-electron chi connectivity index (χ1n) is 8.48. The van der Waals surface area contributed by atoms with Gasteiger partial charge in [0.15, 0.2) is 0 Å². The van der Waals surface area contributed by atoms with Gasteiger partial charge < -0.3 is 4.90 Å². The lowest BCUT2D eigenvalue weighted by Crippen LogP contribution is -2.36. The van der Waals surface area contributed by atoms with Crippen molar-refractivity contribution in [2.45, 2.75) is 32.2 Å². The van der Waals surface area contributed by atoms with E-state index in [1.165, 1.54) is 0 Å². The third-order valence-corrected chi connectivity index (χ3v) is 4.94. The van der Waals surface area contributed by atoms with Gasteiger partial charge in [0.1, 0.15) is 11.6 Å². The summed E-state index contributed by atoms with van der Waals surface area (Å²) >= 11 is 6.07. The predicted octanol–water partition coefficient (Wildman–Crippen LogP) is 2.57. The van der Waals surface area contributed by atoms with Gasteiger partial charge in [-0.05, 0) is 38.0 Å². The van der Waals surface area contributed by atoms with Crippen molar-refractivity contribution < 1.29 is 0 Å². The van der Waals surface area contributed by atoms with Crippen molar-refractivity contribution in [2.24, 2.45) is 0 Å². The van der Waals surface area contributed by atoms with Crippen LogP contribution in [0, 0.1) is 0 Å². The van der Waals surface area contributed by atoms with Crippen LogP contribution in [0.15, 0.2) is 29.2 Å². The second kappa shape index (κ2) is 6.48. The van der Waals surface area contributed by atoms with E-state index < -0.39 is 0 Å². The lowest BCUT2D eigenvalue weighted by molar-refractivity contribution is 0.469. The Morgan fingerprint density at radius 3 is 3.08 bits per heavy atom. The molecule has 1 aliphatic heterocycles. The maximum absolute atomic E-state index is 11.8. The minimum absolute atomic E-state index is 0.144. The van der Waals surface area contributed by atoms with E-state index in [9.17, 15) is 4.79 Å². The largest absolute Gasteiger partial charge is 0.355 e. The molecule has 3 aromatic rings. The molecule has 0 aliphatic carbocycles. The van der Waals surface area contributed by atoms with Gasteiger partial charge in [-0.25, -0.2) is 14.9 Å². The molecule has 0 unspecified atom stereocenters. The zero-order valence-corrected chi connectivity index (χ0v) is 14.7. The molecule has 3 heterocycles. The fraction of sp³-hybridized carbons (Fsp3) is 0.412. The molecule has 2 aromatic heterocycles. The highest BCUT2D eigenvalue weighted by Crippen LogP contribution is 2.28. The molecule has 0 amide bonds. The van der Waals surface area contributed by atoms with Crippen LogP contribution in [0.1, 0.15) is 31.5 Å². The van der Waals surface area contributed by atoms with E-state index in [0.717, 1.165) is 48.6 Å². The van der Waals surface area contributed by atoms with Crippen LogP contribution in [0.5, 0.6) is 0 Å². The van der Waals surface area contributed by atoms with Gasteiger partial charge >= 0.3 is 5.69 Å². The molecular weight excluding hydrogens is 340 g/mol. The van der Waals surface area contributed by atoms with Gasteiger partial charge in [0, 0.05) is 30.6 Å². The summed E-state index contributed by atoms with van der Waals surface area (Å²) in [7, 11) is 0. The van der Waals surface area contributed by atoms with Crippen molar-refractivity contribution >= 4 is 28.5 Å². The molecule has 4 rings (SSSR count). The average molecular weight is 359 g/mol. The Kier molecular flexibility index (Phi) is 4.17. The Morgan fingerprint density at radius 2 is 2.24 bits per heavy atom. The van der Waals surface area contributed by atoms with Crippen LogP contribution >= 0.6 is 11.6 Å². The summed E-state index contributed by atoms with van der Waals surface area (Å²) in [6.45, 7) is 4.26. The molecule has 7 nitrogen and oxygen atoms in total. The lowest BCUT2D eigenvalue weighted by Gasteiger charge is -2.33. The van der Waals surface area contributed by atoms with E-state index in [1.54, 1.807) is 10.8 Å². The molecule has 8 heteroatoms. The Hall–Kier alpha value is -2.41. The van der Waals surface area contributed by atoms with E-state index in [0.29, 0.717) is 11.6 Å². The highest BCUT2D eigenvalue weighted by molar-refractivity contribution is 6.31. The first kappa shape index (κ1) is 16.1. The molecule has 0 saturated carbocycles. The maximum atomic E-state index is 11.8. The number of nitrogens with one attached hydrogen (secondary N) is 1. The molecule has 1 atom stereocenters. The SMILES string of the molecule is CCn1c([C@@H]2CCCN(c3cnc4ccc(Cl)cc4n3)C2)n[nH]c1=O. The molecule has 0 radical (unpaired) electrons. The summed E-state index contributed by atoms with van der Waals surface area (Å²) in [5, 5.41) is 7.46. The van der Waals surface area contributed by atoms with Gasteiger partial charge in [0.05, 0.1) is 17.2 Å². The molecule has 0 spiro atoms. The van der Waals surface area contributed by atoms with Gasteiger partial charge in [0.25, 0.3) is 0 Å². The van der Waals surface area contributed by atoms with Crippen LogP contribution in [-0.2, 0) is 6.54 Å².